The second-order valence-corrected chi connectivity index (χ2v) is 7.28. The van der Waals surface area contributed by atoms with Gasteiger partial charge in [-0.25, -0.2) is 0 Å². The van der Waals surface area contributed by atoms with Crippen LogP contribution in [0.25, 0.3) is 0 Å². The third-order valence-electron chi connectivity index (χ3n) is 3.24. The summed E-state index contributed by atoms with van der Waals surface area (Å²) in [7, 11) is -0.900. The van der Waals surface area contributed by atoms with E-state index in [9.17, 15) is 4.21 Å². The second kappa shape index (κ2) is 6.83. The molecule has 1 aromatic carbocycles. The van der Waals surface area contributed by atoms with Crippen LogP contribution in [0, 0.1) is 5.92 Å². The van der Waals surface area contributed by atoms with Gasteiger partial charge in [-0.05, 0) is 49.9 Å². The quantitative estimate of drug-likeness (QED) is 0.831. The number of nitrogens with one attached hydrogen (secondary N) is 1. The standard InChI is InChI=1S/C14H20BrNOS/c1-2-8-16-14(11-6-7-11)10-18(17)13-5-3-4-12(15)9-13/h3-5,9,11,14,16H,2,6-8,10H2,1H3. The minimum absolute atomic E-state index is 0.421. The molecule has 100 valence electrons. The molecular formula is C14H20BrNOS. The largest absolute Gasteiger partial charge is 0.313 e. The number of hydrogen-bond acceptors (Lipinski definition) is 2. The molecule has 0 aliphatic heterocycles. The fourth-order valence-electron chi connectivity index (χ4n) is 2.06. The van der Waals surface area contributed by atoms with Crippen LogP contribution in [0.3, 0.4) is 0 Å². The molecule has 2 unspecified atom stereocenters. The van der Waals surface area contributed by atoms with Crippen molar-refractivity contribution in [2.75, 3.05) is 12.3 Å². The molecule has 4 heteroatoms. The molecule has 2 nitrogen and oxygen atoms in total. The maximum Gasteiger partial charge on any atom is 0.0545 e. The first-order chi connectivity index (χ1) is 8.70. The van der Waals surface area contributed by atoms with Crippen LogP contribution in [-0.2, 0) is 10.8 Å². The van der Waals surface area contributed by atoms with Gasteiger partial charge in [0, 0.05) is 21.2 Å². The highest BCUT2D eigenvalue weighted by Crippen LogP contribution is 2.33. The maximum absolute atomic E-state index is 12.4. The normalized spacial score (nSPS) is 18.6. The Hall–Kier alpha value is -0.190. The zero-order valence-corrected chi connectivity index (χ0v) is 13.1. The van der Waals surface area contributed by atoms with Crippen molar-refractivity contribution in [3.63, 3.8) is 0 Å². The topological polar surface area (TPSA) is 29.1 Å². The van der Waals surface area contributed by atoms with E-state index in [0.29, 0.717) is 6.04 Å². The molecule has 2 atom stereocenters. The van der Waals surface area contributed by atoms with Crippen LogP contribution in [0.5, 0.6) is 0 Å². The van der Waals surface area contributed by atoms with Crippen LogP contribution in [0.15, 0.2) is 33.6 Å². The SMILES string of the molecule is CCCNC(CS(=O)c1cccc(Br)c1)C1CC1. The summed E-state index contributed by atoms with van der Waals surface area (Å²) in [6, 6.07) is 8.24. The summed E-state index contributed by atoms with van der Waals surface area (Å²) in [4.78, 5) is 0.924. The van der Waals surface area contributed by atoms with Crippen LogP contribution in [-0.4, -0.2) is 22.5 Å². The summed E-state index contributed by atoms with van der Waals surface area (Å²) >= 11 is 3.43. The van der Waals surface area contributed by atoms with Gasteiger partial charge in [0.1, 0.15) is 0 Å². The number of hydrogen-bond donors (Lipinski definition) is 1. The van der Waals surface area contributed by atoms with Crippen molar-refractivity contribution < 1.29 is 4.21 Å². The average Bonchev–Trinajstić information content (AvgIpc) is 3.18. The average molecular weight is 330 g/mol. The maximum atomic E-state index is 12.4. The molecule has 0 spiro atoms. The summed E-state index contributed by atoms with van der Waals surface area (Å²) in [5, 5.41) is 3.54. The Balaban J connectivity index is 1.95. The zero-order valence-electron chi connectivity index (χ0n) is 10.7. The van der Waals surface area contributed by atoms with Gasteiger partial charge in [0.05, 0.1) is 10.8 Å². The van der Waals surface area contributed by atoms with Crippen molar-refractivity contribution in [1.82, 2.24) is 5.32 Å². The van der Waals surface area contributed by atoms with Gasteiger partial charge in [-0.3, -0.25) is 4.21 Å². The molecule has 1 N–H and O–H groups in total. The van der Waals surface area contributed by atoms with Crippen LogP contribution < -0.4 is 5.32 Å². The zero-order chi connectivity index (χ0) is 13.0. The minimum Gasteiger partial charge on any atom is -0.313 e. The predicted octanol–water partition coefficient (Wildman–Crippen LogP) is 3.33. The molecule has 0 radical (unpaired) electrons. The fraction of sp³-hybridized carbons (Fsp3) is 0.571. The molecule has 1 aromatic rings. The third kappa shape index (κ3) is 4.18. The lowest BCUT2D eigenvalue weighted by atomic mass is 10.2. The van der Waals surface area contributed by atoms with E-state index in [1.54, 1.807) is 0 Å². The van der Waals surface area contributed by atoms with Crippen molar-refractivity contribution in [3.05, 3.63) is 28.7 Å². The van der Waals surface area contributed by atoms with E-state index >= 15 is 0 Å². The molecule has 0 aromatic heterocycles. The summed E-state index contributed by atoms with van der Waals surface area (Å²) in [5.74, 6) is 1.48. The fourth-order valence-corrected chi connectivity index (χ4v) is 4.01. The van der Waals surface area contributed by atoms with E-state index in [1.807, 2.05) is 24.3 Å². The highest BCUT2D eigenvalue weighted by Gasteiger charge is 2.31. The van der Waals surface area contributed by atoms with Gasteiger partial charge in [-0.2, -0.15) is 0 Å². The molecule has 0 bridgehead atoms. The Morgan fingerprint density at radius 1 is 1.50 bits per heavy atom. The van der Waals surface area contributed by atoms with E-state index in [2.05, 4.69) is 28.2 Å². The van der Waals surface area contributed by atoms with Crippen molar-refractivity contribution in [3.8, 4) is 0 Å². The highest BCUT2D eigenvalue weighted by atomic mass is 79.9. The number of halogens is 1. The molecule has 1 aliphatic rings. The molecule has 18 heavy (non-hydrogen) atoms. The lowest BCUT2D eigenvalue weighted by molar-refractivity contribution is 0.498. The van der Waals surface area contributed by atoms with Crippen LogP contribution >= 0.6 is 15.9 Å². The van der Waals surface area contributed by atoms with Gasteiger partial charge in [0.15, 0.2) is 0 Å². The number of benzene rings is 1. The van der Waals surface area contributed by atoms with Crippen molar-refractivity contribution in [2.45, 2.75) is 37.1 Å². The van der Waals surface area contributed by atoms with E-state index in [0.717, 1.165) is 34.0 Å². The smallest absolute Gasteiger partial charge is 0.0545 e. The van der Waals surface area contributed by atoms with Crippen LogP contribution in [0.4, 0.5) is 0 Å². The molecule has 1 fully saturated rings. The Labute approximate surface area is 120 Å². The molecular weight excluding hydrogens is 310 g/mol. The first-order valence-electron chi connectivity index (χ1n) is 6.58. The predicted molar refractivity (Wildman–Crippen MR) is 80.2 cm³/mol. The third-order valence-corrected chi connectivity index (χ3v) is 5.17. The summed E-state index contributed by atoms with van der Waals surface area (Å²) in [6.45, 7) is 3.19. The Morgan fingerprint density at radius 3 is 2.89 bits per heavy atom. The van der Waals surface area contributed by atoms with E-state index in [4.69, 9.17) is 0 Å². The summed E-state index contributed by atoms with van der Waals surface area (Å²) in [6.07, 6.45) is 3.71. The Morgan fingerprint density at radius 2 is 2.28 bits per heavy atom. The second-order valence-electron chi connectivity index (χ2n) is 4.87. The van der Waals surface area contributed by atoms with Gasteiger partial charge >= 0.3 is 0 Å². The van der Waals surface area contributed by atoms with Gasteiger partial charge in [0.2, 0.25) is 0 Å². The molecule has 0 amide bonds. The van der Waals surface area contributed by atoms with Crippen LogP contribution in [0.1, 0.15) is 26.2 Å². The summed E-state index contributed by atoms with van der Waals surface area (Å²) < 4.78 is 13.4. The van der Waals surface area contributed by atoms with Crippen molar-refractivity contribution in [1.29, 1.82) is 0 Å². The minimum atomic E-state index is -0.900. The first kappa shape index (κ1) is 14.2. The summed E-state index contributed by atoms with van der Waals surface area (Å²) in [5.41, 5.74) is 0. The van der Waals surface area contributed by atoms with E-state index < -0.39 is 10.8 Å². The van der Waals surface area contributed by atoms with Crippen LogP contribution in [0.2, 0.25) is 0 Å². The molecule has 1 saturated carbocycles. The van der Waals surface area contributed by atoms with Crippen molar-refractivity contribution >= 4 is 26.7 Å². The number of rotatable bonds is 7. The highest BCUT2D eigenvalue weighted by molar-refractivity contribution is 9.10. The van der Waals surface area contributed by atoms with Gasteiger partial charge in [-0.15, -0.1) is 0 Å². The molecule has 0 heterocycles. The van der Waals surface area contributed by atoms with E-state index in [1.165, 1.54) is 12.8 Å². The molecule has 0 saturated heterocycles. The van der Waals surface area contributed by atoms with E-state index in [-0.39, 0.29) is 0 Å². The Kier molecular flexibility index (Phi) is 5.39. The Bertz CT molecular complexity index is 420. The van der Waals surface area contributed by atoms with Gasteiger partial charge < -0.3 is 5.32 Å². The molecule has 1 aliphatic carbocycles. The lowest BCUT2D eigenvalue weighted by Crippen LogP contribution is -2.36. The monoisotopic (exact) mass is 329 g/mol. The molecule has 2 rings (SSSR count). The first-order valence-corrected chi connectivity index (χ1v) is 8.69. The van der Waals surface area contributed by atoms with Gasteiger partial charge in [-0.1, -0.05) is 28.9 Å². The van der Waals surface area contributed by atoms with Gasteiger partial charge in [0.25, 0.3) is 0 Å². The lowest BCUT2D eigenvalue weighted by Gasteiger charge is -2.17. The van der Waals surface area contributed by atoms with Crippen molar-refractivity contribution in [2.24, 2.45) is 5.92 Å².